The van der Waals surface area contributed by atoms with Gasteiger partial charge >= 0.3 is 30.4 Å². The molecule has 4 aliphatic rings. The molecule has 0 aromatic heterocycles. The standard InChI is InChI=1S/C41H53ClF3N7O9/c1-3-58-40(57)60-26(2)59-35(53)25-48-13-9-29(10-14-48)49-18-20-50(21-19-49)37(54)34(24-27-22-31(41(43,44)45)36(46)32(42)23-27)61-39(56)51-15-11-30(12-16-51)52-17-8-28-6-4-5-7-33(28)47-38(52)55/h4-7,22-23,26,29-30,34H,3,8-21,24-25,46H2,1-2H3,(H,47,55)/t26-,34?/m1/s1. The lowest BCUT2D eigenvalue weighted by molar-refractivity contribution is -0.169. The monoisotopic (exact) mass is 879 g/mol. The van der Waals surface area contributed by atoms with E-state index in [2.05, 4.69) is 10.2 Å². The van der Waals surface area contributed by atoms with Crippen LogP contribution in [0.25, 0.3) is 0 Å². The van der Waals surface area contributed by atoms with Crippen molar-refractivity contribution >= 4 is 53.1 Å². The van der Waals surface area contributed by atoms with Crippen molar-refractivity contribution in [3.05, 3.63) is 58.1 Å². The normalized spacial score (nSPS) is 19.6. The molecule has 0 saturated carbocycles. The van der Waals surface area contributed by atoms with E-state index in [4.69, 9.17) is 36.3 Å². The van der Waals surface area contributed by atoms with Crippen LogP contribution >= 0.6 is 11.6 Å². The quantitative estimate of drug-likeness (QED) is 0.131. The van der Waals surface area contributed by atoms with Gasteiger partial charge in [0.25, 0.3) is 5.91 Å². The Balaban J connectivity index is 1.04. The van der Waals surface area contributed by atoms with Gasteiger partial charge in [-0.2, -0.15) is 13.2 Å². The molecule has 2 atom stereocenters. The topological polar surface area (TPSA) is 177 Å². The fraction of sp³-hybridized carbons (Fsp3) is 0.585. The number of hydrogen-bond donors (Lipinski definition) is 2. The predicted molar refractivity (Wildman–Crippen MR) is 217 cm³/mol. The summed E-state index contributed by atoms with van der Waals surface area (Å²) >= 11 is 6.14. The van der Waals surface area contributed by atoms with Gasteiger partial charge in [-0.05, 0) is 68.4 Å². The number of para-hydroxylation sites is 1. The summed E-state index contributed by atoms with van der Waals surface area (Å²) < 4.78 is 62.4. The molecule has 4 amide bonds. The SMILES string of the molecule is CCOC(=O)O[C@H](C)OC(=O)CN1CCC(N2CCN(C(=O)C(Cc3cc(Cl)c(N)c(C(F)(F)F)c3)OC(=O)N3CCC(N4CCc5ccccc5NC4=O)CC3)CC2)CC1. The summed E-state index contributed by atoms with van der Waals surface area (Å²) in [6.07, 6.45) is -6.32. The van der Waals surface area contributed by atoms with Crippen LogP contribution in [0.3, 0.4) is 0 Å². The molecule has 16 nitrogen and oxygen atoms in total. The predicted octanol–water partition coefficient (Wildman–Crippen LogP) is 5.21. The van der Waals surface area contributed by atoms with Gasteiger partial charge in [0.1, 0.15) is 0 Å². The van der Waals surface area contributed by atoms with Crippen molar-refractivity contribution in [3.63, 3.8) is 0 Å². The average molecular weight is 880 g/mol. The lowest BCUT2D eigenvalue weighted by atomic mass is 10.0. The number of alkyl halides is 3. The van der Waals surface area contributed by atoms with Gasteiger partial charge in [0.05, 0.1) is 29.4 Å². The van der Waals surface area contributed by atoms with E-state index in [-0.39, 0.29) is 61.4 Å². The molecule has 3 fully saturated rings. The fourth-order valence-corrected chi connectivity index (χ4v) is 8.63. The van der Waals surface area contributed by atoms with E-state index in [9.17, 15) is 37.1 Å². The molecule has 2 aromatic rings. The second kappa shape index (κ2) is 20.2. The Morgan fingerprint density at radius 3 is 2.23 bits per heavy atom. The van der Waals surface area contributed by atoms with Crippen LogP contribution in [0.4, 0.5) is 38.9 Å². The molecule has 4 aliphatic heterocycles. The minimum Gasteiger partial charge on any atom is -0.436 e. The minimum absolute atomic E-state index is 0.0260. The van der Waals surface area contributed by atoms with E-state index in [0.717, 1.165) is 30.2 Å². The highest BCUT2D eigenvalue weighted by atomic mass is 35.5. The van der Waals surface area contributed by atoms with Crippen molar-refractivity contribution in [3.8, 4) is 0 Å². The summed E-state index contributed by atoms with van der Waals surface area (Å²) in [7, 11) is 0. The number of nitrogens with one attached hydrogen (secondary N) is 1. The Labute approximate surface area is 357 Å². The molecule has 4 heterocycles. The Morgan fingerprint density at radius 1 is 0.885 bits per heavy atom. The van der Waals surface area contributed by atoms with Gasteiger partial charge in [-0.3, -0.25) is 19.4 Å². The van der Waals surface area contributed by atoms with E-state index in [1.54, 1.807) is 16.7 Å². The van der Waals surface area contributed by atoms with Gasteiger partial charge < -0.3 is 44.7 Å². The highest BCUT2D eigenvalue weighted by Crippen LogP contribution is 2.38. The highest BCUT2D eigenvalue weighted by Gasteiger charge is 2.38. The number of ether oxygens (including phenoxy) is 4. The van der Waals surface area contributed by atoms with Crippen LogP contribution in [0.15, 0.2) is 36.4 Å². The lowest BCUT2D eigenvalue weighted by Crippen LogP contribution is -2.57. The Morgan fingerprint density at radius 2 is 1.56 bits per heavy atom. The first-order valence-corrected chi connectivity index (χ1v) is 21.0. The van der Waals surface area contributed by atoms with Crippen LogP contribution in [0.2, 0.25) is 5.02 Å². The third-order valence-electron chi connectivity index (χ3n) is 11.6. The molecule has 0 aliphatic carbocycles. The second-order valence-electron chi connectivity index (χ2n) is 15.6. The van der Waals surface area contributed by atoms with Crippen molar-refractivity contribution in [2.45, 2.75) is 83.0 Å². The summed E-state index contributed by atoms with van der Waals surface area (Å²) in [6, 6.07) is 9.53. The first kappa shape index (κ1) is 45.5. The van der Waals surface area contributed by atoms with E-state index in [1.165, 1.54) is 17.9 Å². The number of nitrogens with two attached hydrogens (primary N) is 1. The molecule has 20 heteroatoms. The molecule has 0 spiro atoms. The van der Waals surface area contributed by atoms with Crippen LogP contribution in [0.1, 0.15) is 56.2 Å². The number of hydrogen-bond acceptors (Lipinski definition) is 12. The van der Waals surface area contributed by atoms with Crippen LogP contribution < -0.4 is 11.1 Å². The molecule has 3 N–H and O–H groups in total. The van der Waals surface area contributed by atoms with Crippen LogP contribution in [-0.4, -0.2) is 151 Å². The van der Waals surface area contributed by atoms with Gasteiger partial charge in [-0.25, -0.2) is 14.4 Å². The van der Waals surface area contributed by atoms with E-state index < -0.39 is 53.9 Å². The number of esters is 1. The molecule has 334 valence electrons. The summed E-state index contributed by atoms with van der Waals surface area (Å²) in [5.74, 6) is -1.08. The van der Waals surface area contributed by atoms with Crippen molar-refractivity contribution in [1.29, 1.82) is 0 Å². The number of nitrogen functional groups attached to an aromatic ring is 1. The zero-order chi connectivity index (χ0) is 43.8. The largest absolute Gasteiger partial charge is 0.511 e. The van der Waals surface area contributed by atoms with E-state index in [1.807, 2.05) is 29.2 Å². The maximum atomic E-state index is 14.2. The smallest absolute Gasteiger partial charge is 0.436 e. The summed E-state index contributed by atoms with van der Waals surface area (Å²) in [5.41, 5.74) is 5.73. The number of anilines is 2. The Bertz CT molecular complexity index is 1900. The Hall–Kier alpha value is -5.01. The van der Waals surface area contributed by atoms with Gasteiger partial charge in [-0.15, -0.1) is 0 Å². The van der Waals surface area contributed by atoms with Crippen molar-refractivity contribution in [2.75, 3.05) is 83.1 Å². The van der Waals surface area contributed by atoms with E-state index >= 15 is 0 Å². The molecule has 3 saturated heterocycles. The summed E-state index contributed by atoms with van der Waals surface area (Å²) in [6.45, 7) is 7.05. The zero-order valence-corrected chi connectivity index (χ0v) is 35.0. The van der Waals surface area contributed by atoms with Crippen molar-refractivity contribution in [2.24, 2.45) is 0 Å². The number of piperazine rings is 1. The zero-order valence-electron chi connectivity index (χ0n) is 34.3. The first-order valence-electron chi connectivity index (χ1n) is 20.6. The van der Waals surface area contributed by atoms with E-state index in [0.29, 0.717) is 65.1 Å². The molecular weight excluding hydrogens is 827 g/mol. The maximum absolute atomic E-state index is 14.2. The van der Waals surface area contributed by atoms with Crippen molar-refractivity contribution in [1.82, 2.24) is 24.5 Å². The van der Waals surface area contributed by atoms with Crippen LogP contribution in [-0.2, 0) is 47.6 Å². The minimum atomic E-state index is -4.81. The number of benzene rings is 2. The first-order chi connectivity index (χ1) is 29.1. The fourth-order valence-electron chi connectivity index (χ4n) is 8.38. The number of rotatable bonds is 11. The van der Waals surface area contributed by atoms with Crippen LogP contribution in [0.5, 0.6) is 0 Å². The number of amides is 4. The number of fused-ring (bicyclic) bond motifs is 1. The van der Waals surface area contributed by atoms with Gasteiger partial charge in [0.15, 0.2) is 6.10 Å². The molecule has 61 heavy (non-hydrogen) atoms. The van der Waals surface area contributed by atoms with Crippen LogP contribution in [0, 0.1) is 0 Å². The number of likely N-dealkylation sites (tertiary alicyclic amines) is 2. The number of piperidine rings is 2. The molecular formula is C41H53ClF3N7O9. The van der Waals surface area contributed by atoms with Gasteiger partial charge in [0, 0.05) is 90.0 Å². The number of carbonyl (C=O) groups is 5. The summed E-state index contributed by atoms with van der Waals surface area (Å²) in [4.78, 5) is 73.9. The Kier molecular flexibility index (Phi) is 15.1. The van der Waals surface area contributed by atoms with Crippen molar-refractivity contribution < 1.29 is 56.1 Å². The highest BCUT2D eigenvalue weighted by molar-refractivity contribution is 6.33. The average Bonchev–Trinajstić information content (AvgIpc) is 3.39. The number of urea groups is 1. The number of carbonyl (C=O) groups excluding carboxylic acids is 5. The number of nitrogens with zero attached hydrogens (tertiary/aromatic N) is 5. The molecule has 1 unspecified atom stereocenters. The molecule has 6 rings (SSSR count). The maximum Gasteiger partial charge on any atom is 0.511 e. The lowest BCUT2D eigenvalue weighted by Gasteiger charge is -2.43. The molecule has 0 bridgehead atoms. The number of halogens is 4. The van der Waals surface area contributed by atoms with Gasteiger partial charge in [0.2, 0.25) is 6.29 Å². The summed E-state index contributed by atoms with van der Waals surface area (Å²) in [5, 5.41) is 2.64. The van der Waals surface area contributed by atoms with Gasteiger partial charge in [-0.1, -0.05) is 29.8 Å². The molecule has 2 aromatic carbocycles. The third kappa shape index (κ3) is 11.9. The second-order valence-corrected chi connectivity index (χ2v) is 16.0. The molecule has 0 radical (unpaired) electrons. The third-order valence-corrected chi connectivity index (χ3v) is 11.9.